The van der Waals surface area contributed by atoms with Crippen molar-refractivity contribution in [2.75, 3.05) is 37.6 Å². The third-order valence-electron chi connectivity index (χ3n) is 5.86. The maximum absolute atomic E-state index is 13.0. The number of anilines is 1. The second-order valence-electron chi connectivity index (χ2n) is 8.06. The predicted octanol–water partition coefficient (Wildman–Crippen LogP) is 1.07. The average molecular weight is 422 g/mol. The number of piperazine rings is 1. The van der Waals surface area contributed by atoms with Crippen LogP contribution in [0.2, 0.25) is 0 Å². The predicted molar refractivity (Wildman–Crippen MR) is 114 cm³/mol. The van der Waals surface area contributed by atoms with Gasteiger partial charge in [-0.1, -0.05) is 30.3 Å². The zero-order valence-electron chi connectivity index (χ0n) is 17.5. The minimum atomic E-state index is -1.00. The summed E-state index contributed by atoms with van der Waals surface area (Å²) >= 11 is 0. The van der Waals surface area contributed by atoms with E-state index in [4.69, 9.17) is 0 Å². The number of aromatic nitrogens is 2. The van der Waals surface area contributed by atoms with Crippen molar-refractivity contribution in [2.24, 2.45) is 0 Å². The molecule has 4 rings (SSSR count). The average Bonchev–Trinajstić information content (AvgIpc) is 3.02. The highest BCUT2D eigenvalue weighted by molar-refractivity contribution is 6.08. The SMILES string of the molecule is CC1(CCc2ccccc2)NC(=O)N(CC(=O)N2CCN(c3ncccn3)CC2)C1=O. The molecule has 162 valence electrons. The molecule has 2 aliphatic rings. The quantitative estimate of drug-likeness (QED) is 0.700. The summed E-state index contributed by atoms with van der Waals surface area (Å²) in [5.41, 5.74) is 0.0943. The minimum Gasteiger partial charge on any atom is -0.338 e. The lowest BCUT2D eigenvalue weighted by Crippen LogP contribution is -2.52. The molecular weight excluding hydrogens is 396 g/mol. The van der Waals surface area contributed by atoms with Crippen molar-refractivity contribution < 1.29 is 14.4 Å². The Bertz CT molecular complexity index is 946. The largest absolute Gasteiger partial charge is 0.338 e. The summed E-state index contributed by atoms with van der Waals surface area (Å²) in [7, 11) is 0. The van der Waals surface area contributed by atoms with Crippen LogP contribution in [0, 0.1) is 0 Å². The molecule has 31 heavy (non-hydrogen) atoms. The van der Waals surface area contributed by atoms with Crippen LogP contribution in [0.5, 0.6) is 0 Å². The second-order valence-corrected chi connectivity index (χ2v) is 8.06. The van der Waals surface area contributed by atoms with Crippen LogP contribution in [-0.2, 0) is 16.0 Å². The number of nitrogens with one attached hydrogen (secondary N) is 1. The van der Waals surface area contributed by atoms with Crippen molar-refractivity contribution >= 4 is 23.8 Å². The monoisotopic (exact) mass is 422 g/mol. The van der Waals surface area contributed by atoms with Gasteiger partial charge in [-0.3, -0.25) is 14.5 Å². The smallest absolute Gasteiger partial charge is 0.325 e. The maximum Gasteiger partial charge on any atom is 0.325 e. The van der Waals surface area contributed by atoms with Crippen LogP contribution in [0.3, 0.4) is 0 Å². The number of imide groups is 1. The molecule has 1 aromatic carbocycles. The topological polar surface area (TPSA) is 98.7 Å². The molecule has 9 heteroatoms. The fourth-order valence-electron chi connectivity index (χ4n) is 3.94. The van der Waals surface area contributed by atoms with Gasteiger partial charge >= 0.3 is 6.03 Å². The Morgan fingerprint density at radius 1 is 1.03 bits per heavy atom. The van der Waals surface area contributed by atoms with Crippen molar-refractivity contribution in [3.63, 3.8) is 0 Å². The maximum atomic E-state index is 13.0. The van der Waals surface area contributed by atoms with E-state index in [0.717, 1.165) is 10.5 Å². The van der Waals surface area contributed by atoms with Crippen molar-refractivity contribution in [3.8, 4) is 0 Å². The van der Waals surface area contributed by atoms with Gasteiger partial charge in [0, 0.05) is 38.6 Å². The number of carbonyl (C=O) groups excluding carboxylic acids is 3. The summed E-state index contributed by atoms with van der Waals surface area (Å²) in [5, 5.41) is 2.78. The second kappa shape index (κ2) is 8.71. The van der Waals surface area contributed by atoms with Crippen LogP contribution >= 0.6 is 0 Å². The lowest BCUT2D eigenvalue weighted by atomic mass is 9.93. The lowest BCUT2D eigenvalue weighted by Gasteiger charge is -2.35. The van der Waals surface area contributed by atoms with Gasteiger partial charge in [0.1, 0.15) is 12.1 Å². The van der Waals surface area contributed by atoms with Crippen molar-refractivity contribution in [1.82, 2.24) is 25.1 Å². The Labute approximate surface area is 181 Å². The summed E-state index contributed by atoms with van der Waals surface area (Å²) in [5.74, 6) is 0.0559. The zero-order valence-corrected chi connectivity index (χ0v) is 17.5. The number of carbonyl (C=O) groups is 3. The molecule has 1 atom stereocenters. The molecule has 0 spiro atoms. The highest BCUT2D eigenvalue weighted by atomic mass is 16.2. The van der Waals surface area contributed by atoms with E-state index in [0.29, 0.717) is 45.0 Å². The number of urea groups is 1. The number of rotatable bonds is 6. The molecule has 3 heterocycles. The Hall–Kier alpha value is -3.49. The number of nitrogens with zero attached hydrogens (tertiary/aromatic N) is 5. The van der Waals surface area contributed by atoms with Gasteiger partial charge in [-0.25, -0.2) is 14.8 Å². The Balaban J connectivity index is 1.32. The number of hydrogen-bond donors (Lipinski definition) is 1. The molecule has 2 aromatic rings. The van der Waals surface area contributed by atoms with E-state index in [2.05, 4.69) is 15.3 Å². The highest BCUT2D eigenvalue weighted by Crippen LogP contribution is 2.23. The normalized spacial score (nSPS) is 21.4. The van der Waals surface area contributed by atoms with E-state index in [1.54, 1.807) is 30.3 Å². The first kappa shape index (κ1) is 20.8. The molecule has 4 amide bonds. The third kappa shape index (κ3) is 4.50. The third-order valence-corrected chi connectivity index (χ3v) is 5.86. The molecule has 2 saturated heterocycles. The first-order valence-corrected chi connectivity index (χ1v) is 10.4. The first-order valence-electron chi connectivity index (χ1n) is 10.4. The van der Waals surface area contributed by atoms with Crippen LogP contribution in [-0.4, -0.2) is 75.9 Å². The summed E-state index contributed by atoms with van der Waals surface area (Å²) in [6, 6.07) is 11.1. The minimum absolute atomic E-state index is 0.232. The number of aryl methyl sites for hydroxylation is 1. The van der Waals surface area contributed by atoms with Gasteiger partial charge in [0.2, 0.25) is 11.9 Å². The molecule has 1 N–H and O–H groups in total. The first-order chi connectivity index (χ1) is 15.0. The van der Waals surface area contributed by atoms with Crippen LogP contribution in [0.4, 0.5) is 10.7 Å². The van der Waals surface area contributed by atoms with Crippen molar-refractivity contribution in [3.05, 3.63) is 54.4 Å². The van der Waals surface area contributed by atoms with E-state index < -0.39 is 11.6 Å². The van der Waals surface area contributed by atoms with Crippen LogP contribution < -0.4 is 10.2 Å². The fourth-order valence-corrected chi connectivity index (χ4v) is 3.94. The molecule has 2 fully saturated rings. The summed E-state index contributed by atoms with van der Waals surface area (Å²) in [4.78, 5) is 51.4. The molecule has 0 bridgehead atoms. The molecule has 9 nitrogen and oxygen atoms in total. The summed E-state index contributed by atoms with van der Waals surface area (Å²) in [6.45, 7) is 3.67. The number of amides is 4. The highest BCUT2D eigenvalue weighted by Gasteiger charge is 2.48. The molecule has 0 radical (unpaired) electrons. The molecule has 1 unspecified atom stereocenters. The molecular formula is C22H26N6O3. The number of benzene rings is 1. The Morgan fingerprint density at radius 3 is 2.39 bits per heavy atom. The van der Waals surface area contributed by atoms with E-state index >= 15 is 0 Å². The lowest BCUT2D eigenvalue weighted by molar-refractivity contribution is -0.139. The zero-order chi connectivity index (χ0) is 21.8. The Kier molecular flexibility index (Phi) is 5.83. The van der Waals surface area contributed by atoms with Gasteiger partial charge in [-0.2, -0.15) is 0 Å². The van der Waals surface area contributed by atoms with Gasteiger partial charge < -0.3 is 15.1 Å². The molecule has 2 aliphatic heterocycles. The van der Waals surface area contributed by atoms with Crippen molar-refractivity contribution in [1.29, 1.82) is 0 Å². The van der Waals surface area contributed by atoms with Gasteiger partial charge in [0.05, 0.1) is 0 Å². The fraction of sp³-hybridized carbons (Fsp3) is 0.409. The van der Waals surface area contributed by atoms with Gasteiger partial charge in [0.15, 0.2) is 0 Å². The molecule has 1 aromatic heterocycles. The van der Waals surface area contributed by atoms with Gasteiger partial charge in [0.25, 0.3) is 5.91 Å². The van der Waals surface area contributed by atoms with Crippen molar-refractivity contribution in [2.45, 2.75) is 25.3 Å². The number of hydrogen-bond acceptors (Lipinski definition) is 6. The van der Waals surface area contributed by atoms with E-state index in [1.165, 1.54) is 0 Å². The van der Waals surface area contributed by atoms with Crippen LogP contribution in [0.15, 0.2) is 48.8 Å². The van der Waals surface area contributed by atoms with Gasteiger partial charge in [-0.15, -0.1) is 0 Å². The van der Waals surface area contributed by atoms with Crippen LogP contribution in [0.25, 0.3) is 0 Å². The summed E-state index contributed by atoms with van der Waals surface area (Å²) in [6.07, 6.45) is 4.51. The molecule has 0 saturated carbocycles. The van der Waals surface area contributed by atoms with Crippen LogP contribution in [0.1, 0.15) is 18.9 Å². The van der Waals surface area contributed by atoms with Gasteiger partial charge in [-0.05, 0) is 31.4 Å². The van der Waals surface area contributed by atoms with E-state index in [-0.39, 0.29) is 18.4 Å². The van der Waals surface area contributed by atoms with E-state index in [9.17, 15) is 14.4 Å². The standard InChI is InChI=1S/C22H26N6O3/c1-22(9-8-17-6-3-2-4-7-17)19(30)28(21(31)25-22)16-18(29)26-12-14-27(15-13-26)20-23-10-5-11-24-20/h2-7,10-11H,8-9,12-16H2,1H3,(H,25,31). The Morgan fingerprint density at radius 2 is 1.71 bits per heavy atom. The molecule has 0 aliphatic carbocycles. The van der Waals surface area contributed by atoms with E-state index in [1.807, 2.05) is 35.2 Å². The summed E-state index contributed by atoms with van der Waals surface area (Å²) < 4.78 is 0.